The molecule has 0 saturated carbocycles. The van der Waals surface area contributed by atoms with Gasteiger partial charge in [-0.25, -0.2) is 0 Å². The van der Waals surface area contributed by atoms with Crippen LogP contribution in [-0.4, -0.2) is 36.6 Å². The van der Waals surface area contributed by atoms with Crippen molar-refractivity contribution in [2.45, 2.75) is 12.6 Å². The van der Waals surface area contributed by atoms with Gasteiger partial charge in [0.15, 0.2) is 0 Å². The van der Waals surface area contributed by atoms with Crippen LogP contribution in [0.2, 0.25) is 0 Å². The molecule has 1 aliphatic rings. The van der Waals surface area contributed by atoms with Crippen molar-refractivity contribution in [3.8, 4) is 0 Å². The molecular weight excluding hydrogens is 289 g/mol. The second-order valence-corrected chi connectivity index (χ2v) is 5.20. The zero-order valence-electron chi connectivity index (χ0n) is 9.03. The van der Waals surface area contributed by atoms with E-state index >= 15 is 0 Å². The fourth-order valence-corrected chi connectivity index (χ4v) is 2.41. The molecule has 1 fully saturated rings. The summed E-state index contributed by atoms with van der Waals surface area (Å²) in [5, 5.41) is 0. The van der Waals surface area contributed by atoms with E-state index < -0.39 is 0 Å². The maximum atomic E-state index is 5.94. The van der Waals surface area contributed by atoms with Gasteiger partial charge in [0, 0.05) is 29.5 Å². The molecule has 1 aromatic rings. The Kier molecular flexibility index (Phi) is 4.65. The van der Waals surface area contributed by atoms with Crippen molar-refractivity contribution in [1.82, 2.24) is 4.90 Å². The predicted octanol–water partition coefficient (Wildman–Crippen LogP) is 2.89. The molecule has 1 unspecified atom stereocenters. The first-order valence-electron chi connectivity index (χ1n) is 5.42. The van der Waals surface area contributed by atoms with Crippen molar-refractivity contribution in [3.05, 3.63) is 34.3 Å². The van der Waals surface area contributed by atoms with Crippen LogP contribution >= 0.6 is 27.5 Å². The maximum absolute atomic E-state index is 5.94. The van der Waals surface area contributed by atoms with Crippen LogP contribution in [0.1, 0.15) is 5.56 Å². The van der Waals surface area contributed by atoms with Gasteiger partial charge in [0.05, 0.1) is 13.2 Å². The number of ether oxygens (including phenoxy) is 1. The van der Waals surface area contributed by atoms with Crippen LogP contribution in [-0.2, 0) is 11.3 Å². The zero-order valence-corrected chi connectivity index (χ0v) is 11.4. The number of rotatable bonds is 3. The molecule has 0 amide bonds. The van der Waals surface area contributed by atoms with Gasteiger partial charge < -0.3 is 4.74 Å². The first-order chi connectivity index (χ1) is 7.79. The van der Waals surface area contributed by atoms with E-state index in [9.17, 15) is 0 Å². The molecule has 0 bridgehead atoms. The van der Waals surface area contributed by atoms with Crippen LogP contribution in [0.25, 0.3) is 0 Å². The first-order valence-corrected chi connectivity index (χ1v) is 6.74. The number of nitrogens with zero attached hydrogens (tertiary/aromatic N) is 1. The predicted molar refractivity (Wildman–Crippen MR) is 69.9 cm³/mol. The lowest BCUT2D eigenvalue weighted by molar-refractivity contribution is -0.00304. The molecule has 88 valence electrons. The summed E-state index contributed by atoms with van der Waals surface area (Å²) in [6.45, 7) is 3.48. The Labute approximate surface area is 110 Å². The minimum absolute atomic E-state index is 0.346. The molecule has 0 N–H and O–H groups in total. The molecule has 1 heterocycles. The third-order valence-electron chi connectivity index (χ3n) is 2.83. The van der Waals surface area contributed by atoms with Crippen LogP contribution in [0.15, 0.2) is 28.7 Å². The van der Waals surface area contributed by atoms with Gasteiger partial charge in [-0.3, -0.25) is 4.90 Å². The highest BCUT2D eigenvalue weighted by Gasteiger charge is 2.21. The minimum atomic E-state index is 0.346. The molecule has 0 spiro atoms. The summed E-state index contributed by atoms with van der Waals surface area (Å²) in [7, 11) is 0. The van der Waals surface area contributed by atoms with E-state index in [0.717, 1.165) is 30.8 Å². The Bertz CT molecular complexity index is 330. The number of halogens is 2. The first kappa shape index (κ1) is 12.4. The third kappa shape index (κ3) is 3.20. The van der Waals surface area contributed by atoms with Gasteiger partial charge in [0.2, 0.25) is 0 Å². The Morgan fingerprint density at radius 2 is 2.12 bits per heavy atom. The van der Waals surface area contributed by atoms with Crippen LogP contribution in [0.5, 0.6) is 0 Å². The van der Waals surface area contributed by atoms with Crippen molar-refractivity contribution in [1.29, 1.82) is 0 Å². The smallest absolute Gasteiger partial charge is 0.0634 e. The zero-order chi connectivity index (χ0) is 11.4. The van der Waals surface area contributed by atoms with Crippen molar-refractivity contribution in [3.63, 3.8) is 0 Å². The molecule has 4 heteroatoms. The summed E-state index contributed by atoms with van der Waals surface area (Å²) in [4.78, 5) is 2.39. The number of alkyl halides is 1. The molecule has 2 rings (SSSR count). The van der Waals surface area contributed by atoms with Crippen LogP contribution < -0.4 is 0 Å². The van der Waals surface area contributed by atoms with Crippen molar-refractivity contribution >= 4 is 27.5 Å². The molecule has 16 heavy (non-hydrogen) atoms. The molecule has 1 atom stereocenters. The van der Waals surface area contributed by atoms with Crippen LogP contribution in [0.3, 0.4) is 0 Å². The van der Waals surface area contributed by atoms with E-state index in [2.05, 4.69) is 45.1 Å². The SMILES string of the molecule is ClCC1COCCN1Cc1ccc(Br)cc1. The van der Waals surface area contributed by atoms with E-state index in [1.54, 1.807) is 0 Å². The Morgan fingerprint density at radius 1 is 1.38 bits per heavy atom. The van der Waals surface area contributed by atoms with Crippen LogP contribution in [0.4, 0.5) is 0 Å². The van der Waals surface area contributed by atoms with Crippen molar-refractivity contribution in [2.75, 3.05) is 25.6 Å². The normalized spacial score (nSPS) is 22.2. The van der Waals surface area contributed by atoms with Gasteiger partial charge in [0.25, 0.3) is 0 Å². The maximum Gasteiger partial charge on any atom is 0.0634 e. The standard InChI is InChI=1S/C12H15BrClNO/c13-11-3-1-10(2-4-11)8-15-5-6-16-9-12(15)7-14/h1-4,12H,5-9H2. The van der Waals surface area contributed by atoms with E-state index in [4.69, 9.17) is 16.3 Å². The molecule has 0 aromatic heterocycles. The average molecular weight is 305 g/mol. The number of hydrogen-bond donors (Lipinski definition) is 0. The fourth-order valence-electron chi connectivity index (χ4n) is 1.86. The van der Waals surface area contributed by atoms with Gasteiger partial charge in [-0.1, -0.05) is 28.1 Å². The molecule has 1 aliphatic heterocycles. The average Bonchev–Trinajstić information content (AvgIpc) is 2.33. The van der Waals surface area contributed by atoms with E-state index in [-0.39, 0.29) is 0 Å². The lowest BCUT2D eigenvalue weighted by atomic mass is 10.1. The monoisotopic (exact) mass is 303 g/mol. The fraction of sp³-hybridized carbons (Fsp3) is 0.500. The van der Waals surface area contributed by atoms with Gasteiger partial charge >= 0.3 is 0 Å². The summed E-state index contributed by atoms with van der Waals surface area (Å²) in [6.07, 6.45) is 0. The summed E-state index contributed by atoms with van der Waals surface area (Å²) >= 11 is 9.38. The highest BCUT2D eigenvalue weighted by atomic mass is 79.9. The Hall–Kier alpha value is -0.0900. The van der Waals surface area contributed by atoms with Gasteiger partial charge in [0.1, 0.15) is 0 Å². The highest BCUT2D eigenvalue weighted by Crippen LogP contribution is 2.16. The second-order valence-electron chi connectivity index (χ2n) is 3.98. The number of morpholine rings is 1. The summed E-state index contributed by atoms with van der Waals surface area (Å²) in [5.41, 5.74) is 1.32. The van der Waals surface area contributed by atoms with Gasteiger partial charge in [-0.15, -0.1) is 11.6 Å². The molecule has 0 radical (unpaired) electrons. The molecule has 1 saturated heterocycles. The third-order valence-corrected chi connectivity index (χ3v) is 3.71. The Morgan fingerprint density at radius 3 is 2.81 bits per heavy atom. The quantitative estimate of drug-likeness (QED) is 0.796. The van der Waals surface area contributed by atoms with E-state index in [1.807, 2.05) is 0 Å². The molecular formula is C12H15BrClNO. The topological polar surface area (TPSA) is 12.5 Å². The number of benzene rings is 1. The molecule has 2 nitrogen and oxygen atoms in total. The van der Waals surface area contributed by atoms with E-state index in [0.29, 0.717) is 11.9 Å². The summed E-state index contributed by atoms with van der Waals surface area (Å²) < 4.78 is 6.54. The lowest BCUT2D eigenvalue weighted by Gasteiger charge is -2.34. The largest absolute Gasteiger partial charge is 0.378 e. The Balaban J connectivity index is 1.99. The number of hydrogen-bond acceptors (Lipinski definition) is 2. The lowest BCUT2D eigenvalue weighted by Crippen LogP contribution is -2.45. The van der Waals surface area contributed by atoms with Crippen molar-refractivity contribution in [2.24, 2.45) is 0 Å². The van der Waals surface area contributed by atoms with Gasteiger partial charge in [-0.05, 0) is 17.7 Å². The van der Waals surface area contributed by atoms with Gasteiger partial charge in [-0.2, -0.15) is 0 Å². The molecule has 0 aliphatic carbocycles. The minimum Gasteiger partial charge on any atom is -0.378 e. The van der Waals surface area contributed by atoms with Crippen molar-refractivity contribution < 1.29 is 4.74 Å². The summed E-state index contributed by atoms with van der Waals surface area (Å²) in [5.74, 6) is 0.635. The molecule has 1 aromatic carbocycles. The van der Waals surface area contributed by atoms with Crippen LogP contribution in [0, 0.1) is 0 Å². The van der Waals surface area contributed by atoms with E-state index in [1.165, 1.54) is 5.56 Å². The second kappa shape index (κ2) is 6.01. The highest BCUT2D eigenvalue weighted by molar-refractivity contribution is 9.10. The summed E-state index contributed by atoms with van der Waals surface area (Å²) in [6, 6.07) is 8.78.